The van der Waals surface area contributed by atoms with E-state index in [-0.39, 0.29) is 0 Å². The summed E-state index contributed by atoms with van der Waals surface area (Å²) in [5, 5.41) is 13.4. The van der Waals surface area contributed by atoms with Crippen molar-refractivity contribution in [2.24, 2.45) is 0 Å². The van der Waals surface area contributed by atoms with Gasteiger partial charge in [-0.2, -0.15) is 0 Å². The number of fused-ring (bicyclic) bond motifs is 20. The van der Waals surface area contributed by atoms with E-state index in [4.69, 9.17) is 0 Å². The Morgan fingerprint density at radius 2 is 0.619 bits per heavy atom. The Balaban J connectivity index is 0.000000122. The molecule has 16 aromatic carbocycles. The van der Waals surface area contributed by atoms with Crippen LogP contribution in [0, 0.1) is 0 Å². The normalized spacial score (nSPS) is 11.7. The minimum absolute atomic E-state index is 0.999. The maximum Gasteiger partial charge on any atom is 0.0726 e. The largest absolute Gasteiger partial charge is 0.308 e. The lowest BCUT2D eigenvalue weighted by Gasteiger charge is -2.11. The molecule has 0 spiro atoms. The van der Waals surface area contributed by atoms with Crippen LogP contribution in [0.1, 0.15) is 11.1 Å². The van der Waals surface area contributed by atoms with E-state index >= 15 is 0 Å². The lowest BCUT2D eigenvalue weighted by molar-refractivity contribution is 1.19. The average molecular weight is 1340 g/mol. The summed E-state index contributed by atoms with van der Waals surface area (Å²) in [6.45, 7) is 0. The van der Waals surface area contributed by atoms with Gasteiger partial charge in [-0.15, -0.1) is 22.7 Å². The number of halogens is 1. The van der Waals surface area contributed by atoms with E-state index in [9.17, 15) is 0 Å². The molecule has 0 bridgehead atoms. The van der Waals surface area contributed by atoms with Gasteiger partial charge in [0.15, 0.2) is 0 Å². The molecule has 4 heteroatoms. The molecule has 0 radical (unpaired) electrons. The molecule has 0 aliphatic heterocycles. The molecule has 0 N–H and O–H groups in total. The van der Waals surface area contributed by atoms with Gasteiger partial charge in [0.25, 0.3) is 0 Å². The predicted molar refractivity (Wildman–Crippen MR) is 423 cm³/mol. The van der Waals surface area contributed by atoms with Crippen LogP contribution in [-0.4, -0.2) is 4.57 Å². The van der Waals surface area contributed by atoms with Crippen LogP contribution in [-0.2, 0) is 6.42 Å². The highest BCUT2D eigenvalue weighted by Gasteiger charge is 2.28. The zero-order valence-electron chi connectivity index (χ0n) is 52.8. The van der Waals surface area contributed by atoms with Crippen molar-refractivity contribution in [1.29, 1.82) is 0 Å². The second-order valence-corrected chi connectivity index (χ2v) is 28.1. The number of rotatable bonds is 7. The molecule has 0 fully saturated rings. The summed E-state index contributed by atoms with van der Waals surface area (Å²) in [6, 6.07) is 127. The van der Waals surface area contributed by atoms with Crippen molar-refractivity contribution in [3.8, 4) is 83.6 Å². The van der Waals surface area contributed by atoms with Crippen molar-refractivity contribution >= 4 is 122 Å². The number of benzene rings is 16. The van der Waals surface area contributed by atoms with Crippen molar-refractivity contribution in [2.75, 3.05) is 0 Å². The molecule has 0 atom stereocenters. The maximum absolute atomic E-state index is 3.42. The SMILES string of the molecule is Brc1ccc(-c2ccccc2)cc1.c1ccc(-c2ccc(-n3c4ccc(-c5ccccc5)cc4c4c5ccccc5c5c6cc(-c7ccccc7)ccc6sc5c43)cc2)cc1.c1ccc(-c2ccc3c(c2)-c2c(c4sc5ccc(-c6ccccc6)cc5c4c4ccccc24)C3)cc1. The number of hydrogen-bond donors (Lipinski definition) is 0. The summed E-state index contributed by atoms with van der Waals surface area (Å²) in [6.07, 6.45) is 0.999. The molecule has 1 aliphatic rings. The monoisotopic (exact) mass is 1330 g/mol. The van der Waals surface area contributed by atoms with Crippen LogP contribution in [0.3, 0.4) is 0 Å². The van der Waals surface area contributed by atoms with E-state index in [0.717, 1.165) is 10.9 Å². The third-order valence-electron chi connectivity index (χ3n) is 19.4. The standard InChI is InChI=1S/C46H29NS.C35H22S.C12H9Br/c1-4-12-30(13-5-1)33-20-24-36(25-21-33)47-41-26-22-34(31-14-6-2-7-15-31)28-39(41)43-37-18-10-11-19-38(37)44-40-29-35(32-16-8-3-9-17-32)23-27-42(40)48-46(44)45(43)47;1-3-9-22(10-4-1)24-15-16-26-21-31-33(29(26)19-24)27-13-7-8-14-28(27)34-30-20-25(23-11-5-2-6-12-23)17-18-32(30)36-35(31)34;13-12-8-6-11(7-9-12)10-4-2-1-3-5-10/h1-29H;1-20H,21H2;1-9H. The van der Waals surface area contributed by atoms with Crippen molar-refractivity contribution in [1.82, 2.24) is 4.57 Å². The molecule has 1 nitrogen and oxygen atoms in total. The summed E-state index contributed by atoms with van der Waals surface area (Å²) < 4.78 is 9.07. The number of hydrogen-bond acceptors (Lipinski definition) is 2. The highest BCUT2D eigenvalue weighted by Crippen LogP contribution is 2.53. The smallest absolute Gasteiger partial charge is 0.0726 e. The van der Waals surface area contributed by atoms with Crippen LogP contribution in [0.2, 0.25) is 0 Å². The van der Waals surface area contributed by atoms with Gasteiger partial charge >= 0.3 is 0 Å². The highest BCUT2D eigenvalue weighted by molar-refractivity contribution is 9.10. The molecule has 19 aromatic rings. The first-order chi connectivity index (χ1) is 48.0. The van der Waals surface area contributed by atoms with Crippen LogP contribution in [0.4, 0.5) is 0 Å². The van der Waals surface area contributed by atoms with Gasteiger partial charge in [0, 0.05) is 63.0 Å². The molecular formula is C93H60BrNS2. The zero-order valence-corrected chi connectivity index (χ0v) is 56.1. The van der Waals surface area contributed by atoms with Gasteiger partial charge in [-0.1, -0.05) is 301 Å². The van der Waals surface area contributed by atoms with Crippen LogP contribution >= 0.6 is 38.6 Å². The van der Waals surface area contributed by atoms with E-state index in [1.165, 1.54) is 178 Å². The van der Waals surface area contributed by atoms with Crippen molar-refractivity contribution in [2.45, 2.75) is 6.42 Å². The Hall–Kier alpha value is -11.2. The van der Waals surface area contributed by atoms with Gasteiger partial charge in [-0.05, 0) is 177 Å². The average Bonchev–Trinajstić information content (AvgIpc) is 1.55. The Kier molecular flexibility index (Phi) is 14.9. The molecular weight excluding hydrogens is 1280 g/mol. The first-order valence-corrected chi connectivity index (χ1v) is 35.5. The van der Waals surface area contributed by atoms with Crippen LogP contribution in [0.25, 0.3) is 167 Å². The molecule has 97 heavy (non-hydrogen) atoms. The fourth-order valence-electron chi connectivity index (χ4n) is 14.8. The van der Waals surface area contributed by atoms with Gasteiger partial charge in [-0.25, -0.2) is 0 Å². The first-order valence-electron chi connectivity index (χ1n) is 33.1. The van der Waals surface area contributed by atoms with Gasteiger partial charge in [0.05, 0.1) is 15.7 Å². The highest BCUT2D eigenvalue weighted by atomic mass is 79.9. The molecule has 0 saturated heterocycles. The first kappa shape index (κ1) is 58.3. The second kappa shape index (κ2) is 24.8. The lowest BCUT2D eigenvalue weighted by Crippen LogP contribution is -1.94. The van der Waals surface area contributed by atoms with Crippen LogP contribution in [0.5, 0.6) is 0 Å². The number of aromatic nitrogens is 1. The minimum atomic E-state index is 0.999. The summed E-state index contributed by atoms with van der Waals surface area (Å²) >= 11 is 7.29. The summed E-state index contributed by atoms with van der Waals surface area (Å²) in [5.74, 6) is 0. The van der Waals surface area contributed by atoms with Gasteiger partial charge in [0.2, 0.25) is 0 Å². The van der Waals surface area contributed by atoms with E-state index in [1.54, 1.807) is 0 Å². The third-order valence-corrected chi connectivity index (χ3v) is 22.4. The fourth-order valence-corrected chi connectivity index (χ4v) is 17.6. The number of thiophene rings is 2. The van der Waals surface area contributed by atoms with E-state index in [1.807, 2.05) is 28.7 Å². The molecule has 3 aromatic heterocycles. The third kappa shape index (κ3) is 10.5. The molecule has 456 valence electrons. The summed E-state index contributed by atoms with van der Waals surface area (Å²) in [5.41, 5.74) is 24.4. The molecule has 20 rings (SSSR count). The maximum atomic E-state index is 3.42. The van der Waals surface area contributed by atoms with E-state index < -0.39 is 0 Å². The van der Waals surface area contributed by atoms with Gasteiger partial charge in [-0.3, -0.25) is 0 Å². The van der Waals surface area contributed by atoms with Gasteiger partial charge < -0.3 is 4.57 Å². The minimum Gasteiger partial charge on any atom is -0.308 e. The molecule has 1 aliphatic carbocycles. The Morgan fingerprint density at radius 3 is 1.11 bits per heavy atom. The summed E-state index contributed by atoms with van der Waals surface area (Å²) in [7, 11) is 0. The molecule has 0 saturated carbocycles. The molecule has 3 heterocycles. The van der Waals surface area contributed by atoms with E-state index in [2.05, 4.69) is 366 Å². The fraction of sp³-hybridized carbons (Fsp3) is 0.0108. The Bertz CT molecular complexity index is 6160. The topological polar surface area (TPSA) is 4.93 Å². The van der Waals surface area contributed by atoms with Crippen LogP contribution in [0.15, 0.2) is 356 Å². The van der Waals surface area contributed by atoms with Crippen molar-refractivity contribution < 1.29 is 0 Å². The van der Waals surface area contributed by atoms with Crippen molar-refractivity contribution in [3.63, 3.8) is 0 Å². The lowest BCUT2D eigenvalue weighted by atomic mass is 9.92. The van der Waals surface area contributed by atoms with Crippen LogP contribution < -0.4 is 0 Å². The van der Waals surface area contributed by atoms with E-state index in [0.29, 0.717) is 0 Å². The Morgan fingerprint density at radius 1 is 0.268 bits per heavy atom. The molecule has 0 amide bonds. The predicted octanol–water partition coefficient (Wildman–Crippen LogP) is 27.5. The second-order valence-electron chi connectivity index (χ2n) is 25.1. The molecule has 0 unspecified atom stereocenters. The zero-order chi connectivity index (χ0) is 64.3. The quantitative estimate of drug-likeness (QED) is 0.150. The Labute approximate surface area is 579 Å². The number of nitrogens with zero attached hydrogens (tertiary/aromatic N) is 1. The summed E-state index contributed by atoms with van der Waals surface area (Å²) in [4.78, 5) is 0. The van der Waals surface area contributed by atoms with Gasteiger partial charge in [0.1, 0.15) is 0 Å². The van der Waals surface area contributed by atoms with Crippen molar-refractivity contribution in [3.05, 3.63) is 367 Å².